The predicted octanol–water partition coefficient (Wildman–Crippen LogP) is 1.45. The van der Waals surface area contributed by atoms with Crippen molar-refractivity contribution in [1.29, 1.82) is 0 Å². The van der Waals surface area contributed by atoms with E-state index in [1.54, 1.807) is 19.9 Å². The quantitative estimate of drug-likeness (QED) is 0.211. The van der Waals surface area contributed by atoms with Crippen molar-refractivity contribution in [3.05, 3.63) is 11.6 Å². The van der Waals surface area contributed by atoms with Crippen molar-refractivity contribution in [2.24, 2.45) is 34.5 Å². The third-order valence-corrected chi connectivity index (χ3v) is 11.1. The molecule has 0 aliphatic heterocycles. The number of rotatable bonds is 11. The van der Waals surface area contributed by atoms with Crippen molar-refractivity contribution in [2.45, 2.75) is 103 Å². The molecule has 4 rings (SSSR count). The van der Waals surface area contributed by atoms with Crippen molar-refractivity contribution in [3.8, 4) is 0 Å². The topological polar surface area (TPSA) is 196 Å². The second kappa shape index (κ2) is 12.7. The molecule has 0 aromatic heterocycles. The average Bonchev–Trinajstić information content (AvgIpc) is 3.22. The maximum atomic E-state index is 13.4. The van der Waals surface area contributed by atoms with E-state index in [1.807, 2.05) is 6.92 Å². The minimum atomic E-state index is -1.78. The number of ketones is 2. The second-order valence-corrected chi connectivity index (χ2v) is 14.0. The largest absolute Gasteiger partial charge is 0.480 e. The Hall–Kier alpha value is -3.12. The number of carbonyl (C=O) groups excluding carboxylic acids is 5. The second-order valence-electron chi connectivity index (χ2n) is 14.0. The Balaban J connectivity index is 1.33. The number of carboxylic acid groups (broad SMARTS) is 1. The summed E-state index contributed by atoms with van der Waals surface area (Å²) in [6, 6.07) is -0.995. The monoisotopic (exact) mass is 618 g/mol. The van der Waals surface area contributed by atoms with E-state index in [4.69, 9.17) is 9.84 Å². The minimum Gasteiger partial charge on any atom is -0.480 e. The maximum absolute atomic E-state index is 13.4. The Kier molecular flexibility index (Phi) is 9.75. The van der Waals surface area contributed by atoms with Crippen LogP contribution in [-0.4, -0.2) is 81.5 Å². The zero-order valence-corrected chi connectivity index (χ0v) is 26.0. The average molecular weight is 619 g/mol. The summed E-state index contributed by atoms with van der Waals surface area (Å²) in [5.41, 5.74) is -1.88. The van der Waals surface area contributed by atoms with E-state index in [1.165, 1.54) is 0 Å². The van der Waals surface area contributed by atoms with Gasteiger partial charge in [0.2, 0.25) is 17.6 Å². The number of fused-ring (bicyclic) bond motifs is 5. The molecule has 0 heterocycles. The summed E-state index contributed by atoms with van der Waals surface area (Å²) >= 11 is 0. The molecule has 244 valence electrons. The number of hydrogen-bond donors (Lipinski definition) is 5. The van der Waals surface area contributed by atoms with Crippen LogP contribution in [0.1, 0.15) is 85.5 Å². The third-order valence-electron chi connectivity index (χ3n) is 11.1. The highest BCUT2D eigenvalue weighted by Gasteiger charge is 2.68. The number of ether oxygens (including phenoxy) is 1. The molecule has 0 aromatic rings. The molecule has 3 saturated carbocycles. The van der Waals surface area contributed by atoms with Crippen LogP contribution in [0.2, 0.25) is 0 Å². The molecule has 12 heteroatoms. The molecule has 0 spiro atoms. The van der Waals surface area contributed by atoms with E-state index in [2.05, 4.69) is 17.6 Å². The number of Topliss-reactive ketones (excluding diaryl/α,β-unsaturated/α-hetero) is 1. The molecular weight excluding hydrogens is 572 g/mol. The molecular formula is C32H46N2O10. The fraction of sp³-hybridized carbons (Fsp3) is 0.750. The van der Waals surface area contributed by atoms with Crippen LogP contribution < -0.4 is 10.6 Å². The van der Waals surface area contributed by atoms with E-state index in [9.17, 15) is 39.0 Å². The summed E-state index contributed by atoms with van der Waals surface area (Å²) in [6.45, 7) is 6.08. The first-order valence-electron chi connectivity index (χ1n) is 15.7. The van der Waals surface area contributed by atoms with Crippen LogP contribution in [0.15, 0.2) is 11.6 Å². The van der Waals surface area contributed by atoms with Gasteiger partial charge in [-0.1, -0.05) is 33.3 Å². The Morgan fingerprint density at radius 2 is 1.77 bits per heavy atom. The molecule has 0 saturated heterocycles. The molecule has 0 bridgehead atoms. The summed E-state index contributed by atoms with van der Waals surface area (Å²) in [6.07, 6.45) is 4.01. The van der Waals surface area contributed by atoms with Crippen molar-refractivity contribution in [2.75, 3.05) is 13.2 Å². The Morgan fingerprint density at radius 1 is 1.07 bits per heavy atom. The Labute approximate surface area is 257 Å². The lowest BCUT2D eigenvalue weighted by molar-refractivity contribution is -0.184. The molecule has 4 aliphatic carbocycles. The smallest absolute Gasteiger partial charge is 0.322 e. The van der Waals surface area contributed by atoms with Crippen LogP contribution in [0.5, 0.6) is 0 Å². The number of carbonyl (C=O) groups is 6. The molecule has 2 amide bonds. The standard InChI is InChI=1S/C32H46N2O10/c1-17(2)28(29(42)33-15-25(39)40)34-24(38)7-8-26(41)44-16-23(37)32(43)12-10-21-20-6-5-18-13-19(35)9-11-30(18,3)27(20)22(36)14-31(21,32)4/h13,17,20-22,27-28,36,43H,5-12,14-16H2,1-4H3,(H,33,42)(H,34,38)(H,39,40)/t20-,21+,22-,27-,28-,30-,31-,32-/m0/s1. The lowest BCUT2D eigenvalue weighted by Crippen LogP contribution is -2.62. The molecule has 0 unspecified atom stereocenters. The number of amides is 2. The molecule has 3 fully saturated rings. The van der Waals surface area contributed by atoms with Crippen LogP contribution in [0.3, 0.4) is 0 Å². The van der Waals surface area contributed by atoms with Gasteiger partial charge in [0.05, 0.1) is 12.5 Å². The summed E-state index contributed by atoms with van der Waals surface area (Å²) in [5, 5.41) is 36.8. The Bertz CT molecular complexity index is 1250. The van der Waals surface area contributed by atoms with Gasteiger partial charge in [-0.15, -0.1) is 0 Å². The fourth-order valence-electron chi connectivity index (χ4n) is 8.76. The van der Waals surface area contributed by atoms with Crippen molar-refractivity contribution >= 4 is 35.3 Å². The van der Waals surface area contributed by atoms with E-state index in [-0.39, 0.29) is 60.6 Å². The van der Waals surface area contributed by atoms with E-state index < -0.39 is 65.8 Å². The molecule has 0 radical (unpaired) electrons. The van der Waals surface area contributed by atoms with Gasteiger partial charge in [-0.2, -0.15) is 0 Å². The highest BCUT2D eigenvalue weighted by Crippen LogP contribution is 2.67. The van der Waals surface area contributed by atoms with Gasteiger partial charge < -0.3 is 30.7 Å². The fourth-order valence-corrected chi connectivity index (χ4v) is 8.76. The molecule has 0 aromatic carbocycles. The first kappa shape index (κ1) is 33.8. The summed E-state index contributed by atoms with van der Waals surface area (Å²) in [4.78, 5) is 73.4. The van der Waals surface area contributed by atoms with E-state index in [0.717, 1.165) is 18.4 Å². The maximum Gasteiger partial charge on any atom is 0.322 e. The van der Waals surface area contributed by atoms with E-state index in [0.29, 0.717) is 19.3 Å². The molecule has 5 N–H and O–H groups in total. The summed E-state index contributed by atoms with van der Waals surface area (Å²) in [5.74, 6) is -4.15. The third kappa shape index (κ3) is 6.20. The number of nitrogens with one attached hydrogen (secondary N) is 2. The van der Waals surface area contributed by atoms with Gasteiger partial charge in [-0.3, -0.25) is 28.8 Å². The number of carboxylic acids is 1. The van der Waals surface area contributed by atoms with Gasteiger partial charge in [-0.05, 0) is 73.7 Å². The molecule has 4 aliphatic rings. The number of esters is 1. The van der Waals surface area contributed by atoms with Crippen LogP contribution in [0, 0.1) is 34.5 Å². The summed E-state index contributed by atoms with van der Waals surface area (Å²) in [7, 11) is 0. The lowest BCUT2D eigenvalue weighted by Gasteiger charge is -2.60. The normalized spacial score (nSPS) is 35.0. The molecule has 44 heavy (non-hydrogen) atoms. The highest BCUT2D eigenvalue weighted by molar-refractivity contribution is 5.93. The van der Waals surface area contributed by atoms with E-state index >= 15 is 0 Å². The number of aliphatic hydroxyl groups excluding tert-OH is 1. The van der Waals surface area contributed by atoms with Gasteiger partial charge in [0.15, 0.2) is 12.4 Å². The van der Waals surface area contributed by atoms with Crippen molar-refractivity contribution < 1.29 is 48.8 Å². The van der Waals surface area contributed by atoms with Crippen LogP contribution >= 0.6 is 0 Å². The van der Waals surface area contributed by atoms with Crippen molar-refractivity contribution in [3.63, 3.8) is 0 Å². The predicted molar refractivity (Wildman–Crippen MR) is 156 cm³/mol. The SMILES string of the molecule is CC(C)[C@H](NC(=O)CCC(=O)OCC(=O)[C@@]1(O)CC[C@@H]2[C@@H]3CCC4=CC(=O)CC[C@]4(C)[C@@H]3[C@@H](O)C[C@@]21C)C(=O)NCC(=O)O. The first-order valence-corrected chi connectivity index (χ1v) is 15.7. The van der Waals surface area contributed by atoms with Crippen LogP contribution in [0.4, 0.5) is 0 Å². The zero-order chi connectivity index (χ0) is 32.6. The zero-order valence-electron chi connectivity index (χ0n) is 26.0. The minimum absolute atomic E-state index is 0.0122. The first-order chi connectivity index (χ1) is 20.5. The van der Waals surface area contributed by atoms with Gasteiger partial charge >= 0.3 is 11.9 Å². The van der Waals surface area contributed by atoms with Crippen LogP contribution in [0.25, 0.3) is 0 Å². The number of hydrogen-bond acceptors (Lipinski definition) is 9. The molecule has 8 atom stereocenters. The van der Waals surface area contributed by atoms with Gasteiger partial charge in [-0.25, -0.2) is 0 Å². The number of aliphatic hydroxyl groups is 2. The van der Waals surface area contributed by atoms with Gasteiger partial charge in [0.1, 0.15) is 18.2 Å². The van der Waals surface area contributed by atoms with Crippen molar-refractivity contribution in [1.82, 2.24) is 10.6 Å². The number of allylic oxidation sites excluding steroid dienone is 1. The Morgan fingerprint density at radius 3 is 2.43 bits per heavy atom. The molecule has 12 nitrogen and oxygen atoms in total. The highest BCUT2D eigenvalue weighted by atomic mass is 16.5. The number of aliphatic carboxylic acids is 1. The van der Waals surface area contributed by atoms with Crippen LogP contribution in [-0.2, 0) is 33.5 Å². The van der Waals surface area contributed by atoms with Gasteiger partial charge in [0, 0.05) is 18.3 Å². The van der Waals surface area contributed by atoms with Gasteiger partial charge in [0.25, 0.3) is 0 Å². The lowest BCUT2D eigenvalue weighted by atomic mass is 9.45. The summed E-state index contributed by atoms with van der Waals surface area (Å²) < 4.78 is 5.18.